The van der Waals surface area contributed by atoms with E-state index in [4.69, 9.17) is 0 Å². The summed E-state index contributed by atoms with van der Waals surface area (Å²) >= 11 is 0. The van der Waals surface area contributed by atoms with Crippen molar-refractivity contribution in [1.29, 1.82) is 0 Å². The molecule has 1 unspecified atom stereocenters. The van der Waals surface area contributed by atoms with E-state index in [9.17, 15) is 9.90 Å². The third-order valence-electron chi connectivity index (χ3n) is 5.19. The second kappa shape index (κ2) is 6.89. The minimum atomic E-state index is 0.0740. The molecular weight excluding hydrogens is 312 g/mol. The Morgan fingerprint density at radius 3 is 2.24 bits per heavy atom. The Labute approximate surface area is 149 Å². The van der Waals surface area contributed by atoms with Crippen LogP contribution in [0.4, 0.5) is 0 Å². The number of hydrogen-bond donors (Lipinski definition) is 1. The lowest BCUT2D eigenvalue weighted by atomic mass is 9.98. The van der Waals surface area contributed by atoms with Crippen LogP contribution in [0.1, 0.15) is 27.9 Å². The van der Waals surface area contributed by atoms with Gasteiger partial charge in [-0.1, -0.05) is 12.1 Å². The highest BCUT2D eigenvalue weighted by atomic mass is 16.3. The van der Waals surface area contributed by atoms with Gasteiger partial charge in [0.2, 0.25) is 0 Å². The van der Waals surface area contributed by atoms with Crippen LogP contribution in [-0.4, -0.2) is 54.0 Å². The molecule has 0 radical (unpaired) electrons. The Morgan fingerprint density at radius 2 is 1.72 bits per heavy atom. The molecule has 1 N–H and O–H groups in total. The lowest BCUT2D eigenvalue weighted by Gasteiger charge is -2.24. The first-order valence-corrected chi connectivity index (χ1v) is 8.73. The summed E-state index contributed by atoms with van der Waals surface area (Å²) in [6.07, 6.45) is 1.03. The fraction of sp³-hybridized carbons (Fsp3) is 0.381. The van der Waals surface area contributed by atoms with Gasteiger partial charge in [0.15, 0.2) is 0 Å². The number of aromatic hydroxyl groups is 1. The molecule has 25 heavy (non-hydrogen) atoms. The predicted molar refractivity (Wildman–Crippen MR) is 101 cm³/mol. The minimum absolute atomic E-state index is 0.0740. The van der Waals surface area contributed by atoms with Gasteiger partial charge in [-0.05, 0) is 80.4 Å². The van der Waals surface area contributed by atoms with E-state index >= 15 is 0 Å². The molecule has 2 aromatic rings. The van der Waals surface area contributed by atoms with Gasteiger partial charge in [-0.25, -0.2) is 0 Å². The second-order valence-corrected chi connectivity index (χ2v) is 7.16. The van der Waals surface area contributed by atoms with E-state index in [1.165, 1.54) is 0 Å². The van der Waals surface area contributed by atoms with Crippen LogP contribution < -0.4 is 0 Å². The number of phenols is 1. The summed E-state index contributed by atoms with van der Waals surface area (Å²) in [7, 11) is 3.99. The van der Waals surface area contributed by atoms with Crippen LogP contribution >= 0.6 is 0 Å². The van der Waals surface area contributed by atoms with Crippen LogP contribution in [0.3, 0.4) is 0 Å². The molecule has 1 saturated heterocycles. The molecule has 4 nitrogen and oxygen atoms in total. The molecule has 1 aliphatic heterocycles. The number of rotatable bonds is 3. The standard InChI is InChI=1S/C21H26N2O2/c1-14-11-18(12-15(2)20(14)24)16-5-7-17(8-6-16)21(25)23(4)19-9-10-22(3)13-19/h5-8,11-12,19,24H,9-10,13H2,1-4H3. The van der Waals surface area contributed by atoms with Gasteiger partial charge in [-0.3, -0.25) is 4.79 Å². The number of likely N-dealkylation sites (N-methyl/N-ethyl adjacent to an activating group) is 2. The van der Waals surface area contributed by atoms with Gasteiger partial charge in [0.05, 0.1) is 0 Å². The van der Waals surface area contributed by atoms with Crippen molar-refractivity contribution < 1.29 is 9.90 Å². The first-order valence-electron chi connectivity index (χ1n) is 8.73. The number of benzene rings is 2. The fourth-order valence-corrected chi connectivity index (χ4v) is 3.53. The van der Waals surface area contributed by atoms with Crippen LogP contribution in [-0.2, 0) is 0 Å². The minimum Gasteiger partial charge on any atom is -0.507 e. The summed E-state index contributed by atoms with van der Waals surface area (Å²) in [5.74, 6) is 0.420. The second-order valence-electron chi connectivity index (χ2n) is 7.16. The number of aryl methyl sites for hydroxylation is 2. The highest BCUT2D eigenvalue weighted by Crippen LogP contribution is 2.29. The number of nitrogens with zero attached hydrogens (tertiary/aromatic N) is 2. The van der Waals surface area contributed by atoms with Gasteiger partial charge < -0.3 is 14.9 Å². The van der Waals surface area contributed by atoms with Crippen LogP contribution in [0, 0.1) is 13.8 Å². The Hall–Kier alpha value is -2.33. The van der Waals surface area contributed by atoms with Gasteiger partial charge in [-0.15, -0.1) is 0 Å². The van der Waals surface area contributed by atoms with E-state index in [1.54, 1.807) is 0 Å². The maximum absolute atomic E-state index is 12.7. The van der Waals surface area contributed by atoms with Crippen molar-refractivity contribution in [1.82, 2.24) is 9.80 Å². The first kappa shape index (κ1) is 17.5. The maximum Gasteiger partial charge on any atom is 0.253 e. The van der Waals surface area contributed by atoms with Crippen molar-refractivity contribution in [3.05, 3.63) is 53.1 Å². The van der Waals surface area contributed by atoms with Crippen LogP contribution in [0.2, 0.25) is 0 Å². The molecule has 0 spiro atoms. The fourth-order valence-electron chi connectivity index (χ4n) is 3.53. The zero-order chi connectivity index (χ0) is 18.1. The number of carbonyl (C=O) groups is 1. The molecule has 1 fully saturated rings. The maximum atomic E-state index is 12.7. The zero-order valence-electron chi connectivity index (χ0n) is 15.4. The summed E-state index contributed by atoms with van der Waals surface area (Å²) in [5, 5.41) is 9.92. The highest BCUT2D eigenvalue weighted by Gasteiger charge is 2.26. The Kier molecular flexibility index (Phi) is 4.82. The van der Waals surface area contributed by atoms with Crippen molar-refractivity contribution in [2.24, 2.45) is 0 Å². The summed E-state index contributed by atoms with van der Waals surface area (Å²) in [6, 6.07) is 12.0. The van der Waals surface area contributed by atoms with E-state index in [2.05, 4.69) is 11.9 Å². The van der Waals surface area contributed by atoms with Crippen molar-refractivity contribution in [2.45, 2.75) is 26.3 Å². The lowest BCUT2D eigenvalue weighted by Crippen LogP contribution is -2.38. The molecule has 2 aromatic carbocycles. The largest absolute Gasteiger partial charge is 0.507 e. The third kappa shape index (κ3) is 3.54. The smallest absolute Gasteiger partial charge is 0.253 e. The molecule has 0 aromatic heterocycles. The molecule has 1 atom stereocenters. The Balaban J connectivity index is 1.79. The van der Waals surface area contributed by atoms with Gasteiger partial charge in [-0.2, -0.15) is 0 Å². The van der Waals surface area contributed by atoms with Crippen molar-refractivity contribution >= 4 is 5.91 Å². The molecule has 132 valence electrons. The van der Waals surface area contributed by atoms with Gasteiger partial charge >= 0.3 is 0 Å². The highest BCUT2D eigenvalue weighted by molar-refractivity contribution is 5.94. The first-order chi connectivity index (χ1) is 11.9. The number of likely N-dealkylation sites (tertiary alicyclic amines) is 1. The summed E-state index contributed by atoms with van der Waals surface area (Å²) in [4.78, 5) is 16.8. The quantitative estimate of drug-likeness (QED) is 0.932. The van der Waals surface area contributed by atoms with E-state index < -0.39 is 0 Å². The van der Waals surface area contributed by atoms with Crippen molar-refractivity contribution in [3.8, 4) is 16.9 Å². The van der Waals surface area contributed by atoms with Gasteiger partial charge in [0.25, 0.3) is 5.91 Å². The summed E-state index contributed by atoms with van der Waals surface area (Å²) < 4.78 is 0. The van der Waals surface area contributed by atoms with Crippen LogP contribution in [0.25, 0.3) is 11.1 Å². The number of carbonyl (C=O) groups excluding carboxylic acids is 1. The SMILES string of the molecule is Cc1cc(-c2ccc(C(=O)N(C)C3CCN(C)C3)cc2)cc(C)c1O. The normalized spacial score (nSPS) is 17.7. The zero-order valence-corrected chi connectivity index (χ0v) is 15.4. The molecule has 0 aliphatic carbocycles. The number of amides is 1. The summed E-state index contributed by atoms with van der Waals surface area (Å²) in [5.41, 5.74) is 4.54. The molecule has 1 amide bonds. The van der Waals surface area contributed by atoms with Gasteiger partial charge in [0.1, 0.15) is 5.75 Å². The third-order valence-corrected chi connectivity index (χ3v) is 5.19. The average molecular weight is 338 g/mol. The molecule has 0 bridgehead atoms. The van der Waals surface area contributed by atoms with E-state index in [-0.39, 0.29) is 5.91 Å². The van der Waals surface area contributed by atoms with Crippen molar-refractivity contribution in [2.75, 3.05) is 27.2 Å². The topological polar surface area (TPSA) is 43.8 Å². The molecular formula is C21H26N2O2. The summed E-state index contributed by atoms with van der Waals surface area (Å²) in [6.45, 7) is 5.78. The van der Waals surface area contributed by atoms with Crippen LogP contribution in [0.15, 0.2) is 36.4 Å². The van der Waals surface area contributed by atoms with E-state index in [0.29, 0.717) is 17.4 Å². The molecule has 0 saturated carbocycles. The van der Waals surface area contributed by atoms with E-state index in [1.807, 2.05) is 62.2 Å². The van der Waals surface area contributed by atoms with Crippen LogP contribution in [0.5, 0.6) is 5.75 Å². The Morgan fingerprint density at radius 1 is 1.12 bits per heavy atom. The van der Waals surface area contributed by atoms with Gasteiger partial charge in [0, 0.05) is 25.2 Å². The molecule has 1 aliphatic rings. The molecule has 3 rings (SSSR count). The molecule has 4 heteroatoms. The number of hydrogen-bond acceptors (Lipinski definition) is 3. The molecule has 1 heterocycles. The Bertz CT molecular complexity index is 760. The number of phenolic OH excluding ortho intramolecular Hbond substituents is 1. The van der Waals surface area contributed by atoms with Crippen molar-refractivity contribution in [3.63, 3.8) is 0 Å². The van der Waals surface area contributed by atoms with E-state index in [0.717, 1.165) is 41.8 Å². The predicted octanol–water partition coefficient (Wildman–Crippen LogP) is 3.45. The lowest BCUT2D eigenvalue weighted by molar-refractivity contribution is 0.0737. The monoisotopic (exact) mass is 338 g/mol. The average Bonchev–Trinajstić information content (AvgIpc) is 3.04.